The van der Waals surface area contributed by atoms with Crippen molar-refractivity contribution >= 4 is 38.1 Å². The molecule has 0 bridgehead atoms. The molecule has 0 fully saturated rings. The van der Waals surface area contributed by atoms with E-state index in [0.717, 1.165) is 22.0 Å². The lowest BCUT2D eigenvalue weighted by Gasteiger charge is -2.14. The van der Waals surface area contributed by atoms with Crippen molar-refractivity contribution in [2.45, 2.75) is 11.3 Å². The summed E-state index contributed by atoms with van der Waals surface area (Å²) in [6.45, 7) is 0.196. The molecule has 4 aromatic rings. The smallest absolute Gasteiger partial charge is 0.255 e. The summed E-state index contributed by atoms with van der Waals surface area (Å²) in [7, 11) is 0.733. The molecular formula is C27H28N4O5S2. The van der Waals surface area contributed by atoms with Crippen LogP contribution in [0.25, 0.3) is 11.3 Å². The third kappa shape index (κ3) is 6.31. The second-order valence-corrected chi connectivity index (χ2v) is 10.7. The van der Waals surface area contributed by atoms with Crippen LogP contribution >= 0.6 is 11.3 Å². The second kappa shape index (κ2) is 12.1. The van der Waals surface area contributed by atoms with Gasteiger partial charge in [0.05, 0.1) is 25.6 Å². The maximum atomic E-state index is 13.2. The molecule has 4 rings (SSSR count). The zero-order valence-electron chi connectivity index (χ0n) is 21.1. The van der Waals surface area contributed by atoms with Crippen LogP contribution < -0.4 is 24.8 Å². The maximum Gasteiger partial charge on any atom is 0.255 e. The summed E-state index contributed by atoms with van der Waals surface area (Å²) in [5.41, 5.74) is 3.12. The minimum absolute atomic E-state index is 0.122. The SMILES string of the molecule is CNc1nc(-c2ccc(OC)c(NC(=O)c3ccc(OC)c(S(=O)(=O)NCCc4ccccc4)c3)c2)cs1. The lowest BCUT2D eigenvalue weighted by molar-refractivity contribution is 0.102. The van der Waals surface area contributed by atoms with E-state index >= 15 is 0 Å². The monoisotopic (exact) mass is 552 g/mol. The molecule has 0 saturated heterocycles. The number of hydrogen-bond donors (Lipinski definition) is 3. The first-order valence-electron chi connectivity index (χ1n) is 11.7. The van der Waals surface area contributed by atoms with E-state index < -0.39 is 15.9 Å². The summed E-state index contributed by atoms with van der Waals surface area (Å²) in [5, 5.41) is 8.51. The number of carbonyl (C=O) groups is 1. The highest BCUT2D eigenvalue weighted by Gasteiger charge is 2.22. The largest absolute Gasteiger partial charge is 0.495 e. The number of benzene rings is 3. The van der Waals surface area contributed by atoms with Crippen LogP contribution in [0.1, 0.15) is 15.9 Å². The number of amides is 1. The Balaban J connectivity index is 1.56. The number of hydrogen-bond acceptors (Lipinski definition) is 8. The Hall–Kier alpha value is -3.93. The lowest BCUT2D eigenvalue weighted by atomic mass is 10.1. The van der Waals surface area contributed by atoms with E-state index in [1.165, 1.54) is 43.8 Å². The Bertz CT molecular complexity index is 1520. The summed E-state index contributed by atoms with van der Waals surface area (Å²) in [6, 6.07) is 19.2. The minimum atomic E-state index is -3.95. The fourth-order valence-electron chi connectivity index (χ4n) is 3.76. The van der Waals surface area contributed by atoms with Crippen molar-refractivity contribution in [2.24, 2.45) is 0 Å². The molecule has 198 valence electrons. The van der Waals surface area contributed by atoms with Crippen LogP contribution in [0.15, 0.2) is 77.0 Å². The molecule has 0 aliphatic carbocycles. The van der Waals surface area contributed by atoms with Crippen molar-refractivity contribution in [3.8, 4) is 22.8 Å². The number of aromatic nitrogens is 1. The molecule has 0 atom stereocenters. The van der Waals surface area contributed by atoms with Gasteiger partial charge in [0.1, 0.15) is 16.4 Å². The Morgan fingerprint density at radius 1 is 0.974 bits per heavy atom. The average Bonchev–Trinajstić information content (AvgIpc) is 3.42. The normalized spacial score (nSPS) is 11.1. The van der Waals surface area contributed by atoms with Crippen molar-refractivity contribution < 1.29 is 22.7 Å². The Kier molecular flexibility index (Phi) is 8.62. The number of nitrogens with zero attached hydrogens (tertiary/aromatic N) is 1. The lowest BCUT2D eigenvalue weighted by Crippen LogP contribution is -2.27. The van der Waals surface area contributed by atoms with Crippen LogP contribution in [0.4, 0.5) is 10.8 Å². The maximum absolute atomic E-state index is 13.2. The highest BCUT2D eigenvalue weighted by Crippen LogP contribution is 2.33. The van der Waals surface area contributed by atoms with Gasteiger partial charge >= 0.3 is 0 Å². The fourth-order valence-corrected chi connectivity index (χ4v) is 5.67. The quantitative estimate of drug-likeness (QED) is 0.248. The van der Waals surface area contributed by atoms with Gasteiger partial charge in [0, 0.05) is 30.1 Å². The van der Waals surface area contributed by atoms with Gasteiger partial charge in [0.15, 0.2) is 5.13 Å². The first-order chi connectivity index (χ1) is 18.3. The topological polar surface area (TPSA) is 119 Å². The zero-order valence-corrected chi connectivity index (χ0v) is 22.8. The Morgan fingerprint density at radius 2 is 1.71 bits per heavy atom. The fraction of sp³-hybridized carbons (Fsp3) is 0.185. The number of nitrogens with one attached hydrogen (secondary N) is 3. The second-order valence-electron chi connectivity index (χ2n) is 8.16. The average molecular weight is 553 g/mol. The number of sulfonamides is 1. The van der Waals surface area contributed by atoms with Crippen molar-refractivity contribution in [1.82, 2.24) is 9.71 Å². The predicted octanol–water partition coefficient (Wildman–Crippen LogP) is 4.64. The van der Waals surface area contributed by atoms with Crippen LogP contribution in [-0.4, -0.2) is 47.1 Å². The van der Waals surface area contributed by atoms with Gasteiger partial charge in [-0.25, -0.2) is 18.1 Å². The van der Waals surface area contributed by atoms with Crippen molar-refractivity contribution in [3.63, 3.8) is 0 Å². The molecule has 9 nitrogen and oxygen atoms in total. The number of methoxy groups -OCH3 is 2. The molecule has 0 unspecified atom stereocenters. The summed E-state index contributed by atoms with van der Waals surface area (Å²) < 4.78 is 39.5. The molecule has 38 heavy (non-hydrogen) atoms. The zero-order chi connectivity index (χ0) is 27.1. The molecule has 0 aliphatic heterocycles. The number of anilines is 2. The highest BCUT2D eigenvalue weighted by atomic mass is 32.2. The van der Waals surface area contributed by atoms with Crippen molar-refractivity contribution in [2.75, 3.05) is 38.4 Å². The van der Waals surface area contributed by atoms with Gasteiger partial charge in [-0.15, -0.1) is 11.3 Å². The van der Waals surface area contributed by atoms with Crippen molar-refractivity contribution in [1.29, 1.82) is 0 Å². The molecular weight excluding hydrogens is 524 g/mol. The van der Waals surface area contributed by atoms with E-state index in [1.54, 1.807) is 19.2 Å². The third-order valence-corrected chi connectivity index (χ3v) is 8.07. The predicted molar refractivity (Wildman–Crippen MR) is 150 cm³/mol. The molecule has 1 aromatic heterocycles. The summed E-state index contributed by atoms with van der Waals surface area (Å²) in [4.78, 5) is 17.6. The van der Waals surface area contributed by atoms with Gasteiger partial charge in [0.2, 0.25) is 10.0 Å². The number of thiazole rings is 1. The van der Waals surface area contributed by atoms with Gasteiger partial charge in [0.25, 0.3) is 5.91 Å². The van der Waals surface area contributed by atoms with Gasteiger partial charge in [-0.3, -0.25) is 4.79 Å². The summed E-state index contributed by atoms with van der Waals surface area (Å²) >= 11 is 1.47. The van der Waals surface area contributed by atoms with E-state index in [-0.39, 0.29) is 22.8 Å². The molecule has 1 amide bonds. The molecule has 11 heteroatoms. The summed E-state index contributed by atoms with van der Waals surface area (Å²) in [6.07, 6.45) is 0.521. The van der Waals surface area contributed by atoms with Crippen LogP contribution in [0.5, 0.6) is 11.5 Å². The van der Waals surface area contributed by atoms with Crippen molar-refractivity contribution in [3.05, 3.63) is 83.2 Å². The number of ether oxygens (including phenoxy) is 2. The van der Waals surface area contributed by atoms with Gasteiger partial charge in [-0.05, 0) is 48.4 Å². The Labute approximate surface area is 225 Å². The van der Waals surface area contributed by atoms with Crippen LogP contribution in [0, 0.1) is 0 Å². The van der Waals surface area contributed by atoms with Gasteiger partial charge in [-0.2, -0.15) is 0 Å². The minimum Gasteiger partial charge on any atom is -0.495 e. The molecule has 0 radical (unpaired) electrons. The first-order valence-corrected chi connectivity index (χ1v) is 14.1. The molecule has 3 N–H and O–H groups in total. The molecule has 0 aliphatic rings. The van der Waals surface area contributed by atoms with E-state index in [4.69, 9.17) is 9.47 Å². The van der Waals surface area contributed by atoms with Gasteiger partial charge < -0.3 is 20.1 Å². The Morgan fingerprint density at radius 3 is 2.39 bits per heavy atom. The van der Waals surface area contributed by atoms with E-state index in [9.17, 15) is 13.2 Å². The molecule has 3 aromatic carbocycles. The first kappa shape index (κ1) is 27.1. The van der Waals surface area contributed by atoms with Crippen LogP contribution in [0.2, 0.25) is 0 Å². The van der Waals surface area contributed by atoms with E-state index in [0.29, 0.717) is 17.9 Å². The van der Waals surface area contributed by atoms with Crippen LogP contribution in [-0.2, 0) is 16.4 Å². The standard InChI is InChI=1S/C27H28N4O5S2/c1-28-27-31-22(17-37-27)19-9-11-23(35-2)21(15-19)30-26(32)20-10-12-24(36-3)25(16-20)38(33,34)29-14-13-18-7-5-4-6-8-18/h4-12,15-17,29H,13-14H2,1-3H3,(H,28,31)(H,30,32). The van der Waals surface area contributed by atoms with Crippen LogP contribution in [0.3, 0.4) is 0 Å². The molecule has 0 spiro atoms. The molecule has 0 saturated carbocycles. The third-order valence-electron chi connectivity index (χ3n) is 5.73. The van der Waals surface area contributed by atoms with Gasteiger partial charge in [-0.1, -0.05) is 30.3 Å². The highest BCUT2D eigenvalue weighted by molar-refractivity contribution is 7.89. The number of rotatable bonds is 11. The molecule has 1 heterocycles. The number of carbonyl (C=O) groups excluding carboxylic acids is 1. The van der Waals surface area contributed by atoms with E-state index in [1.807, 2.05) is 41.8 Å². The van der Waals surface area contributed by atoms with E-state index in [2.05, 4.69) is 20.3 Å². The summed E-state index contributed by atoms with van der Waals surface area (Å²) in [5.74, 6) is 0.0883.